The Morgan fingerprint density at radius 2 is 1.97 bits per heavy atom. The van der Waals surface area contributed by atoms with Gasteiger partial charge in [-0.25, -0.2) is 4.79 Å². The van der Waals surface area contributed by atoms with Gasteiger partial charge in [-0.1, -0.05) is 25.1 Å². The van der Waals surface area contributed by atoms with E-state index in [1.165, 1.54) is 13.2 Å². The van der Waals surface area contributed by atoms with Gasteiger partial charge in [0.2, 0.25) is 0 Å². The van der Waals surface area contributed by atoms with Crippen LogP contribution in [0.3, 0.4) is 0 Å². The zero-order valence-corrected chi connectivity index (χ0v) is 16.8. The number of carbonyl (C=O) groups is 1. The monoisotopic (exact) mass is 404 g/mol. The minimum absolute atomic E-state index is 0.123. The lowest BCUT2D eigenvalue weighted by Crippen LogP contribution is -2.21. The molecule has 0 aliphatic heterocycles. The Kier molecular flexibility index (Phi) is 4.87. The second-order valence-corrected chi connectivity index (χ2v) is 6.95. The molecule has 4 aromatic rings. The van der Waals surface area contributed by atoms with Gasteiger partial charge >= 0.3 is 5.63 Å². The van der Waals surface area contributed by atoms with Crippen molar-refractivity contribution in [2.24, 2.45) is 0 Å². The van der Waals surface area contributed by atoms with Crippen LogP contribution in [0.2, 0.25) is 0 Å². The summed E-state index contributed by atoms with van der Waals surface area (Å²) in [6.07, 6.45) is 0.637. The number of aromatic amines is 1. The summed E-state index contributed by atoms with van der Waals surface area (Å²) in [6.45, 7) is 3.84. The molecule has 0 aliphatic rings. The highest BCUT2D eigenvalue weighted by atomic mass is 16.5. The number of fused-ring (bicyclic) bond motifs is 2. The van der Waals surface area contributed by atoms with Crippen molar-refractivity contribution in [1.29, 1.82) is 0 Å². The molecule has 0 saturated carbocycles. The fraction of sp³-hybridized carbons (Fsp3) is 0.174. The number of para-hydroxylation sites is 1. The van der Waals surface area contributed by atoms with Crippen LogP contribution < -0.4 is 21.2 Å². The lowest BCUT2D eigenvalue weighted by molar-refractivity contribution is 0.102. The molecule has 0 atom stereocenters. The molecule has 2 aromatic carbocycles. The van der Waals surface area contributed by atoms with Gasteiger partial charge in [-0.15, -0.1) is 0 Å². The zero-order valence-electron chi connectivity index (χ0n) is 16.8. The molecule has 2 N–H and O–H groups in total. The molecule has 7 heteroatoms. The van der Waals surface area contributed by atoms with Gasteiger partial charge in [-0.2, -0.15) is 0 Å². The van der Waals surface area contributed by atoms with E-state index in [2.05, 4.69) is 10.3 Å². The van der Waals surface area contributed by atoms with E-state index in [-0.39, 0.29) is 16.7 Å². The number of ether oxygens (including phenoxy) is 1. The summed E-state index contributed by atoms with van der Waals surface area (Å²) in [7, 11) is 1.48. The molecule has 2 aromatic heterocycles. The number of amides is 1. The number of methoxy groups -OCH3 is 1. The number of aromatic nitrogens is 1. The van der Waals surface area contributed by atoms with E-state index < -0.39 is 11.5 Å². The molecule has 4 rings (SSSR count). The first-order chi connectivity index (χ1) is 14.4. The minimum atomic E-state index is -0.762. The third-order valence-corrected chi connectivity index (χ3v) is 5.20. The maximum absolute atomic E-state index is 12.7. The molecular formula is C23H20N2O5. The Labute approximate surface area is 171 Å². The molecule has 0 aliphatic carbocycles. The molecule has 0 unspecified atom stereocenters. The van der Waals surface area contributed by atoms with Crippen molar-refractivity contribution in [3.63, 3.8) is 0 Å². The third-order valence-electron chi connectivity index (χ3n) is 5.20. The van der Waals surface area contributed by atoms with Crippen molar-refractivity contribution >= 4 is 33.5 Å². The molecule has 30 heavy (non-hydrogen) atoms. The highest BCUT2D eigenvalue weighted by Crippen LogP contribution is 2.25. The Bertz CT molecular complexity index is 1420. The first-order valence-electron chi connectivity index (χ1n) is 9.50. The summed E-state index contributed by atoms with van der Waals surface area (Å²) >= 11 is 0. The lowest BCUT2D eigenvalue weighted by Gasteiger charge is -2.10. The summed E-state index contributed by atoms with van der Waals surface area (Å²) in [4.78, 5) is 40.2. The van der Waals surface area contributed by atoms with E-state index in [1.807, 2.05) is 19.9 Å². The highest BCUT2D eigenvalue weighted by molar-refractivity contribution is 6.06. The molecule has 0 radical (unpaired) electrons. The normalized spacial score (nSPS) is 11.0. The summed E-state index contributed by atoms with van der Waals surface area (Å²) in [6, 6.07) is 11.9. The average Bonchev–Trinajstić information content (AvgIpc) is 2.72. The highest BCUT2D eigenvalue weighted by Gasteiger charge is 2.16. The van der Waals surface area contributed by atoms with Crippen LogP contribution in [-0.2, 0) is 6.42 Å². The summed E-state index contributed by atoms with van der Waals surface area (Å²) in [5.41, 5.74) is 1.98. The van der Waals surface area contributed by atoms with Crippen molar-refractivity contribution in [3.8, 4) is 5.75 Å². The topological polar surface area (TPSA) is 101 Å². The van der Waals surface area contributed by atoms with Crippen LogP contribution in [0, 0.1) is 6.92 Å². The summed E-state index contributed by atoms with van der Waals surface area (Å²) in [5.74, 6) is -0.186. The quantitative estimate of drug-likeness (QED) is 0.504. The van der Waals surface area contributed by atoms with Gasteiger partial charge in [0.05, 0.1) is 12.6 Å². The standard InChI is InChI=1S/C23H20N2O5/c1-4-15-12(2)16-9-8-14(11-18(16)25-21(15)26)24-22(27)17-10-13-6-5-7-19(29-3)20(13)30-23(17)28/h5-11H,4H2,1-3H3,(H,24,27)(H,25,26). The van der Waals surface area contributed by atoms with Crippen LogP contribution in [0.4, 0.5) is 5.69 Å². The molecule has 0 spiro atoms. The van der Waals surface area contributed by atoms with E-state index in [4.69, 9.17) is 9.15 Å². The van der Waals surface area contributed by atoms with Crippen molar-refractivity contribution in [2.75, 3.05) is 12.4 Å². The zero-order chi connectivity index (χ0) is 21.4. The number of rotatable bonds is 4. The van der Waals surface area contributed by atoms with E-state index in [1.54, 1.807) is 30.3 Å². The van der Waals surface area contributed by atoms with Gasteiger partial charge in [0.25, 0.3) is 11.5 Å². The number of hydrogen-bond acceptors (Lipinski definition) is 5. The number of hydrogen-bond donors (Lipinski definition) is 2. The molecular weight excluding hydrogens is 384 g/mol. The number of pyridine rings is 1. The van der Waals surface area contributed by atoms with Crippen LogP contribution in [0.1, 0.15) is 28.4 Å². The van der Waals surface area contributed by atoms with Crippen LogP contribution >= 0.6 is 0 Å². The number of H-pyrrole nitrogens is 1. The van der Waals surface area contributed by atoms with Crippen molar-refractivity contribution in [3.05, 3.63) is 79.9 Å². The molecule has 0 bridgehead atoms. The first-order valence-corrected chi connectivity index (χ1v) is 9.50. The van der Waals surface area contributed by atoms with E-state index >= 15 is 0 Å². The first kappa shape index (κ1) is 19.4. The molecule has 0 saturated heterocycles. The van der Waals surface area contributed by atoms with Gasteiger partial charge in [-0.3, -0.25) is 9.59 Å². The lowest BCUT2D eigenvalue weighted by atomic mass is 10.0. The molecule has 152 valence electrons. The molecule has 2 heterocycles. The number of nitrogens with one attached hydrogen (secondary N) is 2. The van der Waals surface area contributed by atoms with Crippen LogP contribution in [0.25, 0.3) is 21.9 Å². The Morgan fingerprint density at radius 1 is 1.17 bits per heavy atom. The molecule has 1 amide bonds. The van der Waals surface area contributed by atoms with Crippen LogP contribution in [0.5, 0.6) is 5.75 Å². The largest absolute Gasteiger partial charge is 0.493 e. The molecule has 7 nitrogen and oxygen atoms in total. The number of benzene rings is 2. The van der Waals surface area contributed by atoms with E-state index in [0.29, 0.717) is 28.8 Å². The maximum Gasteiger partial charge on any atom is 0.349 e. The second kappa shape index (κ2) is 7.51. The van der Waals surface area contributed by atoms with Gasteiger partial charge in [0.1, 0.15) is 5.56 Å². The van der Waals surface area contributed by atoms with Crippen molar-refractivity contribution in [2.45, 2.75) is 20.3 Å². The average molecular weight is 404 g/mol. The predicted octanol–water partition coefficient (Wildman–Crippen LogP) is 3.77. The minimum Gasteiger partial charge on any atom is -0.493 e. The fourth-order valence-corrected chi connectivity index (χ4v) is 3.64. The van der Waals surface area contributed by atoms with Crippen molar-refractivity contribution in [1.82, 2.24) is 4.98 Å². The smallest absolute Gasteiger partial charge is 0.349 e. The fourth-order valence-electron chi connectivity index (χ4n) is 3.64. The number of aryl methyl sites for hydroxylation is 1. The summed E-state index contributed by atoms with van der Waals surface area (Å²) in [5, 5.41) is 4.18. The van der Waals surface area contributed by atoms with Gasteiger partial charge in [0, 0.05) is 22.0 Å². The predicted molar refractivity (Wildman–Crippen MR) is 116 cm³/mol. The van der Waals surface area contributed by atoms with Gasteiger partial charge in [-0.05, 0) is 43.2 Å². The van der Waals surface area contributed by atoms with Crippen LogP contribution in [-0.4, -0.2) is 18.0 Å². The second-order valence-electron chi connectivity index (χ2n) is 6.95. The van der Waals surface area contributed by atoms with E-state index in [9.17, 15) is 14.4 Å². The number of carbonyl (C=O) groups excluding carboxylic acids is 1. The van der Waals surface area contributed by atoms with E-state index in [0.717, 1.165) is 16.5 Å². The van der Waals surface area contributed by atoms with Gasteiger partial charge in [0.15, 0.2) is 11.3 Å². The van der Waals surface area contributed by atoms with Gasteiger partial charge < -0.3 is 19.5 Å². The summed E-state index contributed by atoms with van der Waals surface area (Å²) < 4.78 is 10.5. The Balaban J connectivity index is 1.72. The number of anilines is 1. The maximum atomic E-state index is 12.7. The SMILES string of the molecule is CCc1c(C)c2ccc(NC(=O)c3cc4cccc(OC)c4oc3=O)cc2[nH]c1=O. The Morgan fingerprint density at radius 3 is 2.70 bits per heavy atom. The third kappa shape index (κ3) is 3.24. The van der Waals surface area contributed by atoms with Crippen molar-refractivity contribution < 1.29 is 13.9 Å². The Hall–Kier alpha value is -3.87. The molecule has 0 fully saturated rings. The van der Waals surface area contributed by atoms with Crippen LogP contribution in [0.15, 0.2) is 56.5 Å².